The minimum absolute atomic E-state index is 0.180. The SMILES string of the molecule is CC(C)(C)c1nccc(S(C)(=N)=O)n1. The van der Waals surface area contributed by atoms with E-state index in [4.69, 9.17) is 4.78 Å². The van der Waals surface area contributed by atoms with Gasteiger partial charge >= 0.3 is 0 Å². The van der Waals surface area contributed by atoms with E-state index < -0.39 is 9.73 Å². The number of nitrogens with one attached hydrogen (secondary N) is 1. The van der Waals surface area contributed by atoms with Crippen LogP contribution >= 0.6 is 0 Å². The van der Waals surface area contributed by atoms with Gasteiger partial charge in [0, 0.05) is 17.9 Å². The van der Waals surface area contributed by atoms with Crippen molar-refractivity contribution in [2.75, 3.05) is 6.26 Å². The van der Waals surface area contributed by atoms with E-state index in [1.165, 1.54) is 12.3 Å². The molecule has 5 heteroatoms. The lowest BCUT2D eigenvalue weighted by Gasteiger charge is -2.16. The Balaban J connectivity index is 3.29. The number of rotatable bonds is 1. The first-order valence-corrected chi connectivity index (χ1v) is 6.25. The zero-order valence-corrected chi connectivity index (χ0v) is 9.68. The summed E-state index contributed by atoms with van der Waals surface area (Å²) in [6.45, 7) is 5.94. The topological polar surface area (TPSA) is 66.7 Å². The predicted molar refractivity (Wildman–Crippen MR) is 55.8 cm³/mol. The Morgan fingerprint density at radius 1 is 1.43 bits per heavy atom. The molecule has 0 aliphatic heterocycles. The summed E-state index contributed by atoms with van der Waals surface area (Å²) >= 11 is 0. The van der Waals surface area contributed by atoms with Gasteiger partial charge in [0.2, 0.25) is 0 Å². The van der Waals surface area contributed by atoms with Crippen molar-refractivity contribution in [3.05, 3.63) is 18.1 Å². The molecule has 1 rings (SSSR count). The van der Waals surface area contributed by atoms with Crippen LogP contribution in [0.1, 0.15) is 26.6 Å². The summed E-state index contributed by atoms with van der Waals surface area (Å²) in [5.41, 5.74) is -0.180. The predicted octanol–water partition coefficient (Wildman–Crippen LogP) is 1.81. The summed E-state index contributed by atoms with van der Waals surface area (Å²) in [6, 6.07) is 1.53. The van der Waals surface area contributed by atoms with Gasteiger partial charge < -0.3 is 0 Å². The van der Waals surface area contributed by atoms with E-state index in [2.05, 4.69) is 9.97 Å². The molecule has 0 amide bonds. The van der Waals surface area contributed by atoms with Gasteiger partial charge in [0.1, 0.15) is 10.9 Å². The summed E-state index contributed by atoms with van der Waals surface area (Å²) in [4.78, 5) is 8.25. The van der Waals surface area contributed by atoms with Crippen molar-refractivity contribution in [1.29, 1.82) is 4.78 Å². The molecule has 0 aromatic carbocycles. The quantitative estimate of drug-likeness (QED) is 0.723. The van der Waals surface area contributed by atoms with Crippen LogP contribution in [0.25, 0.3) is 0 Å². The largest absolute Gasteiger partial charge is 0.248 e. The number of aromatic nitrogens is 2. The van der Waals surface area contributed by atoms with Crippen LogP contribution in [-0.2, 0) is 15.1 Å². The van der Waals surface area contributed by atoms with Gasteiger partial charge in [-0.05, 0) is 6.07 Å². The second kappa shape index (κ2) is 3.31. The van der Waals surface area contributed by atoms with E-state index in [0.717, 1.165) is 0 Å². The first-order chi connectivity index (χ1) is 6.21. The Hall–Kier alpha value is -0.970. The first-order valence-electron chi connectivity index (χ1n) is 4.28. The van der Waals surface area contributed by atoms with Crippen molar-refractivity contribution in [3.8, 4) is 0 Å². The lowest BCUT2D eigenvalue weighted by molar-refractivity contribution is 0.537. The molecule has 1 unspecified atom stereocenters. The van der Waals surface area contributed by atoms with Crippen molar-refractivity contribution >= 4 is 9.73 Å². The molecule has 1 heterocycles. The number of nitrogens with zero attached hydrogens (tertiary/aromatic N) is 2. The molecule has 4 nitrogen and oxygen atoms in total. The summed E-state index contributed by atoms with van der Waals surface area (Å²) in [6.07, 6.45) is 2.92. The molecule has 0 saturated carbocycles. The summed E-state index contributed by atoms with van der Waals surface area (Å²) < 4.78 is 18.9. The van der Waals surface area contributed by atoms with Crippen molar-refractivity contribution < 1.29 is 4.21 Å². The maximum absolute atomic E-state index is 11.4. The molecule has 0 aliphatic rings. The van der Waals surface area contributed by atoms with E-state index in [-0.39, 0.29) is 5.41 Å². The van der Waals surface area contributed by atoms with Crippen LogP contribution in [0.15, 0.2) is 17.3 Å². The first kappa shape index (κ1) is 11.1. The van der Waals surface area contributed by atoms with Crippen LogP contribution in [0.2, 0.25) is 0 Å². The second-order valence-electron chi connectivity index (χ2n) is 4.31. The normalized spacial score (nSPS) is 16.3. The van der Waals surface area contributed by atoms with Gasteiger partial charge in [-0.1, -0.05) is 20.8 Å². The molecule has 0 spiro atoms. The van der Waals surface area contributed by atoms with E-state index in [9.17, 15) is 4.21 Å². The Bertz CT molecular complexity index is 432. The average Bonchev–Trinajstić information content (AvgIpc) is 2.01. The summed E-state index contributed by atoms with van der Waals surface area (Å²) in [7, 11) is -2.74. The maximum atomic E-state index is 11.4. The lowest BCUT2D eigenvalue weighted by atomic mass is 9.96. The lowest BCUT2D eigenvalue weighted by Crippen LogP contribution is -2.17. The second-order valence-corrected chi connectivity index (χ2v) is 6.42. The van der Waals surface area contributed by atoms with Crippen molar-refractivity contribution in [1.82, 2.24) is 9.97 Å². The Labute approximate surface area is 84.8 Å². The molecule has 1 atom stereocenters. The molecule has 78 valence electrons. The standard InChI is InChI=1S/C9H15N3OS/c1-9(2,3)8-11-6-5-7(12-8)14(4,10)13/h5-6,10H,1-4H3. The third-order valence-corrected chi connectivity index (χ3v) is 2.73. The Morgan fingerprint density at radius 3 is 2.43 bits per heavy atom. The molecular weight excluding hydrogens is 198 g/mol. The van der Waals surface area contributed by atoms with E-state index in [1.54, 1.807) is 6.20 Å². The average molecular weight is 213 g/mol. The molecule has 1 N–H and O–H groups in total. The minimum atomic E-state index is -2.74. The molecule has 0 radical (unpaired) electrons. The smallest absolute Gasteiger partial charge is 0.139 e. The van der Waals surface area contributed by atoms with Gasteiger partial charge in [0.05, 0.1) is 9.73 Å². The molecule has 0 saturated heterocycles. The highest BCUT2D eigenvalue weighted by Crippen LogP contribution is 2.18. The zero-order valence-electron chi connectivity index (χ0n) is 8.87. The van der Waals surface area contributed by atoms with Gasteiger partial charge in [-0.25, -0.2) is 19.0 Å². The molecule has 0 bridgehead atoms. The van der Waals surface area contributed by atoms with Crippen LogP contribution in [0.4, 0.5) is 0 Å². The van der Waals surface area contributed by atoms with Crippen LogP contribution in [0.3, 0.4) is 0 Å². The van der Waals surface area contributed by atoms with E-state index >= 15 is 0 Å². The fourth-order valence-corrected chi connectivity index (χ4v) is 1.50. The van der Waals surface area contributed by atoms with Gasteiger partial charge in [-0.2, -0.15) is 0 Å². The van der Waals surface area contributed by atoms with Gasteiger partial charge in [0.15, 0.2) is 0 Å². The molecule has 0 aliphatic carbocycles. The third-order valence-electron chi connectivity index (χ3n) is 1.70. The van der Waals surface area contributed by atoms with Gasteiger partial charge in [-0.3, -0.25) is 0 Å². The van der Waals surface area contributed by atoms with Crippen molar-refractivity contribution in [2.45, 2.75) is 31.2 Å². The van der Waals surface area contributed by atoms with Crippen LogP contribution < -0.4 is 0 Å². The number of hydrogen-bond donors (Lipinski definition) is 1. The zero-order chi connectivity index (χ0) is 11.0. The van der Waals surface area contributed by atoms with Gasteiger partial charge in [0.25, 0.3) is 0 Å². The van der Waals surface area contributed by atoms with E-state index in [1.807, 2.05) is 20.8 Å². The Morgan fingerprint density at radius 2 is 2.00 bits per heavy atom. The van der Waals surface area contributed by atoms with Crippen LogP contribution in [0, 0.1) is 4.78 Å². The van der Waals surface area contributed by atoms with Crippen molar-refractivity contribution in [2.24, 2.45) is 0 Å². The molecule has 1 aromatic heterocycles. The highest BCUT2D eigenvalue weighted by molar-refractivity contribution is 7.91. The highest BCUT2D eigenvalue weighted by Gasteiger charge is 2.18. The monoisotopic (exact) mass is 213 g/mol. The summed E-state index contributed by atoms with van der Waals surface area (Å²) in [5, 5.41) is 0.303. The number of hydrogen-bond acceptors (Lipinski definition) is 4. The molecular formula is C9H15N3OS. The van der Waals surface area contributed by atoms with Crippen molar-refractivity contribution in [3.63, 3.8) is 0 Å². The molecule has 14 heavy (non-hydrogen) atoms. The highest BCUT2D eigenvalue weighted by atomic mass is 32.2. The van der Waals surface area contributed by atoms with Crippen LogP contribution in [0.5, 0.6) is 0 Å². The van der Waals surface area contributed by atoms with Gasteiger partial charge in [-0.15, -0.1) is 0 Å². The third kappa shape index (κ3) is 2.51. The van der Waals surface area contributed by atoms with E-state index in [0.29, 0.717) is 10.9 Å². The summed E-state index contributed by atoms with van der Waals surface area (Å²) in [5.74, 6) is 0.622. The molecule has 1 aromatic rings. The van der Waals surface area contributed by atoms with Crippen LogP contribution in [-0.4, -0.2) is 20.4 Å². The fraction of sp³-hybridized carbons (Fsp3) is 0.556. The Kier molecular flexibility index (Phi) is 2.63. The fourth-order valence-electron chi connectivity index (χ4n) is 0.920. The minimum Gasteiger partial charge on any atom is -0.248 e. The molecule has 0 fully saturated rings. The maximum Gasteiger partial charge on any atom is 0.139 e.